The van der Waals surface area contributed by atoms with E-state index in [2.05, 4.69) is 18.0 Å². The first-order valence-electron chi connectivity index (χ1n) is 3.17. The molecule has 0 unspecified atom stereocenters. The average molecular weight is 110 g/mol. The van der Waals surface area contributed by atoms with Gasteiger partial charge in [0.2, 0.25) is 0 Å². The molecular formula is C7H12N. The van der Waals surface area contributed by atoms with E-state index in [9.17, 15) is 0 Å². The van der Waals surface area contributed by atoms with E-state index in [-0.39, 0.29) is 0 Å². The van der Waals surface area contributed by atoms with Crippen molar-refractivity contribution in [2.45, 2.75) is 25.3 Å². The zero-order chi connectivity index (χ0) is 5.82. The topological polar surface area (TPSA) is 12.0 Å². The molecule has 0 amide bonds. The smallest absolute Gasteiger partial charge is 0.0205 e. The number of hydrogen-bond acceptors (Lipinski definition) is 1. The Morgan fingerprint density at radius 1 is 1.62 bits per heavy atom. The molecule has 45 valence electrons. The van der Waals surface area contributed by atoms with Crippen LogP contribution in [-0.4, -0.2) is 12.6 Å². The third kappa shape index (κ3) is 1.34. The van der Waals surface area contributed by atoms with E-state index >= 15 is 0 Å². The van der Waals surface area contributed by atoms with Crippen molar-refractivity contribution in [1.82, 2.24) is 5.32 Å². The van der Waals surface area contributed by atoms with E-state index in [1.165, 1.54) is 19.3 Å². The average Bonchev–Trinajstić information content (AvgIpc) is 1.63. The van der Waals surface area contributed by atoms with Crippen molar-refractivity contribution >= 4 is 0 Å². The van der Waals surface area contributed by atoms with Gasteiger partial charge in [0.1, 0.15) is 0 Å². The summed E-state index contributed by atoms with van der Waals surface area (Å²) in [5.74, 6) is 0. The number of rotatable bonds is 3. The molecule has 0 spiro atoms. The van der Waals surface area contributed by atoms with Crippen molar-refractivity contribution in [2.75, 3.05) is 6.54 Å². The number of hydrogen-bond donors (Lipinski definition) is 1. The molecule has 1 N–H and O–H groups in total. The quantitative estimate of drug-likeness (QED) is 0.574. The Bertz CT molecular complexity index is 74.5. The van der Waals surface area contributed by atoms with Crippen LogP contribution in [-0.2, 0) is 0 Å². The molecule has 0 bridgehead atoms. The fourth-order valence-electron chi connectivity index (χ4n) is 0.829. The van der Waals surface area contributed by atoms with Gasteiger partial charge in [0.05, 0.1) is 0 Å². The normalized spacial score (nSPS) is 20.0. The van der Waals surface area contributed by atoms with Crippen LogP contribution in [0.4, 0.5) is 0 Å². The molecule has 0 aromatic heterocycles. The molecule has 1 fully saturated rings. The highest BCUT2D eigenvalue weighted by Gasteiger charge is 2.14. The van der Waals surface area contributed by atoms with Crippen molar-refractivity contribution in [1.29, 1.82) is 0 Å². The first-order chi connectivity index (χ1) is 3.93. The largest absolute Gasteiger partial charge is 0.310 e. The van der Waals surface area contributed by atoms with Gasteiger partial charge in [0, 0.05) is 12.6 Å². The fraction of sp³-hybridized carbons (Fsp3) is 0.714. The zero-order valence-corrected chi connectivity index (χ0v) is 5.11. The van der Waals surface area contributed by atoms with Gasteiger partial charge in [-0.2, -0.15) is 0 Å². The van der Waals surface area contributed by atoms with Gasteiger partial charge < -0.3 is 5.32 Å². The first kappa shape index (κ1) is 5.83. The second kappa shape index (κ2) is 2.88. The highest BCUT2D eigenvalue weighted by atomic mass is 14.9. The summed E-state index contributed by atoms with van der Waals surface area (Å²) in [6.45, 7) is 4.36. The van der Waals surface area contributed by atoms with Gasteiger partial charge in [-0.25, -0.2) is 0 Å². The maximum atomic E-state index is 3.50. The zero-order valence-electron chi connectivity index (χ0n) is 5.11. The highest BCUT2D eigenvalue weighted by Crippen LogP contribution is 2.17. The Labute approximate surface area is 50.8 Å². The van der Waals surface area contributed by atoms with Gasteiger partial charge in [-0.15, -0.1) is 0 Å². The van der Waals surface area contributed by atoms with Gasteiger partial charge in [-0.3, -0.25) is 0 Å². The van der Waals surface area contributed by atoms with E-state index in [4.69, 9.17) is 0 Å². The Hall–Kier alpha value is -0.300. The van der Waals surface area contributed by atoms with Crippen molar-refractivity contribution in [3.8, 4) is 0 Å². The van der Waals surface area contributed by atoms with Gasteiger partial charge in [0.15, 0.2) is 0 Å². The molecule has 0 saturated heterocycles. The van der Waals surface area contributed by atoms with E-state index in [0.29, 0.717) is 0 Å². The maximum Gasteiger partial charge on any atom is 0.0205 e. The summed E-state index contributed by atoms with van der Waals surface area (Å²) in [5.41, 5.74) is 0. The van der Waals surface area contributed by atoms with Crippen LogP contribution in [0.15, 0.2) is 6.58 Å². The summed E-state index contributed by atoms with van der Waals surface area (Å²) >= 11 is 0. The molecule has 1 aliphatic carbocycles. The first-order valence-corrected chi connectivity index (χ1v) is 3.17. The Kier molecular flexibility index (Phi) is 2.10. The van der Waals surface area contributed by atoms with Crippen molar-refractivity contribution < 1.29 is 0 Å². The standard InChI is InChI=1S/C7H12N/c1-2-6-8-7-4-3-5-7/h7-8H,1,3-6H2. The SMILES string of the molecule is C=[C]CNC1CCC1. The summed E-state index contributed by atoms with van der Waals surface area (Å²) in [6, 6.07) is 0.782. The third-order valence-corrected chi connectivity index (χ3v) is 1.62. The summed E-state index contributed by atoms with van der Waals surface area (Å²) in [7, 11) is 0. The maximum absolute atomic E-state index is 3.50. The molecule has 0 aliphatic heterocycles. The Morgan fingerprint density at radius 3 is 2.75 bits per heavy atom. The lowest BCUT2D eigenvalue weighted by atomic mass is 9.93. The molecule has 0 aromatic carbocycles. The molecule has 0 heterocycles. The second-order valence-electron chi connectivity index (χ2n) is 2.26. The molecular weight excluding hydrogens is 98.1 g/mol. The molecule has 1 aliphatic rings. The van der Waals surface area contributed by atoms with E-state index in [1.54, 1.807) is 0 Å². The van der Waals surface area contributed by atoms with Crippen LogP contribution >= 0.6 is 0 Å². The third-order valence-electron chi connectivity index (χ3n) is 1.62. The van der Waals surface area contributed by atoms with E-state index in [1.807, 2.05) is 0 Å². The minimum Gasteiger partial charge on any atom is -0.310 e. The molecule has 0 aromatic rings. The summed E-state index contributed by atoms with van der Waals surface area (Å²) in [4.78, 5) is 0. The van der Waals surface area contributed by atoms with E-state index in [0.717, 1.165) is 12.6 Å². The van der Waals surface area contributed by atoms with Gasteiger partial charge >= 0.3 is 0 Å². The van der Waals surface area contributed by atoms with Crippen LogP contribution in [0.3, 0.4) is 0 Å². The van der Waals surface area contributed by atoms with Gasteiger partial charge in [-0.05, 0) is 18.9 Å². The molecule has 1 saturated carbocycles. The van der Waals surface area contributed by atoms with Crippen LogP contribution in [0, 0.1) is 6.08 Å². The molecule has 1 radical (unpaired) electrons. The molecule has 1 heteroatoms. The monoisotopic (exact) mass is 110 g/mol. The lowest BCUT2D eigenvalue weighted by Gasteiger charge is -2.25. The minimum absolute atomic E-state index is 0.782. The lowest BCUT2D eigenvalue weighted by Crippen LogP contribution is -2.35. The highest BCUT2D eigenvalue weighted by molar-refractivity contribution is 4.77. The van der Waals surface area contributed by atoms with Crippen molar-refractivity contribution in [3.05, 3.63) is 12.7 Å². The lowest BCUT2D eigenvalue weighted by molar-refractivity contribution is 0.350. The van der Waals surface area contributed by atoms with Crippen LogP contribution in [0.1, 0.15) is 19.3 Å². The molecule has 1 nitrogen and oxygen atoms in total. The molecule has 1 rings (SSSR count). The van der Waals surface area contributed by atoms with Crippen molar-refractivity contribution in [2.24, 2.45) is 0 Å². The minimum atomic E-state index is 0.782. The van der Waals surface area contributed by atoms with Crippen LogP contribution in [0.5, 0.6) is 0 Å². The fourth-order valence-corrected chi connectivity index (χ4v) is 0.829. The second-order valence-corrected chi connectivity index (χ2v) is 2.26. The predicted octanol–water partition coefficient (Wildman–Crippen LogP) is 1.12. The summed E-state index contributed by atoms with van der Waals surface area (Å²) in [5, 5.41) is 3.30. The van der Waals surface area contributed by atoms with Crippen LogP contribution in [0.25, 0.3) is 0 Å². The van der Waals surface area contributed by atoms with Gasteiger partial charge in [-0.1, -0.05) is 13.0 Å². The van der Waals surface area contributed by atoms with Gasteiger partial charge in [0.25, 0.3) is 0 Å². The van der Waals surface area contributed by atoms with E-state index < -0.39 is 0 Å². The summed E-state index contributed by atoms with van der Waals surface area (Å²) < 4.78 is 0. The molecule has 8 heavy (non-hydrogen) atoms. The number of nitrogens with one attached hydrogen (secondary N) is 1. The van der Waals surface area contributed by atoms with Crippen molar-refractivity contribution in [3.63, 3.8) is 0 Å². The van der Waals surface area contributed by atoms with Crippen LogP contribution in [0.2, 0.25) is 0 Å². The predicted molar refractivity (Wildman–Crippen MR) is 34.5 cm³/mol. The Balaban J connectivity index is 1.93. The van der Waals surface area contributed by atoms with Crippen LogP contribution < -0.4 is 5.32 Å². The Morgan fingerprint density at radius 2 is 2.38 bits per heavy atom. The summed E-state index contributed by atoms with van der Waals surface area (Å²) in [6.07, 6.45) is 6.90. The molecule has 0 atom stereocenters.